The molecule has 16 heavy (non-hydrogen) atoms. The summed E-state index contributed by atoms with van der Waals surface area (Å²) >= 11 is 0. The van der Waals surface area contributed by atoms with Crippen molar-refractivity contribution < 1.29 is 0 Å². The molecule has 1 heterocycles. The van der Waals surface area contributed by atoms with Crippen LogP contribution in [0.5, 0.6) is 0 Å². The Balaban J connectivity index is 2.17. The third kappa shape index (κ3) is 2.37. The number of nitrogens with zero attached hydrogens (tertiary/aromatic N) is 1. The summed E-state index contributed by atoms with van der Waals surface area (Å²) in [4.78, 5) is 4.07. The van der Waals surface area contributed by atoms with Crippen molar-refractivity contribution in [1.29, 1.82) is 0 Å². The molecule has 2 N–H and O–H groups in total. The van der Waals surface area contributed by atoms with Crippen molar-refractivity contribution in [2.45, 2.75) is 45.4 Å². The van der Waals surface area contributed by atoms with Gasteiger partial charge in [-0.2, -0.15) is 0 Å². The van der Waals surface area contributed by atoms with E-state index in [9.17, 15) is 0 Å². The van der Waals surface area contributed by atoms with E-state index in [2.05, 4.69) is 24.9 Å². The first-order valence-corrected chi connectivity index (χ1v) is 6.40. The van der Waals surface area contributed by atoms with Gasteiger partial charge in [0.1, 0.15) is 0 Å². The van der Waals surface area contributed by atoms with Gasteiger partial charge < -0.3 is 5.73 Å². The molecule has 88 valence electrons. The van der Waals surface area contributed by atoms with Crippen LogP contribution in [0.15, 0.2) is 18.5 Å². The number of nitrogens with two attached hydrogens (primary N) is 1. The van der Waals surface area contributed by atoms with Crippen LogP contribution in [0.2, 0.25) is 0 Å². The van der Waals surface area contributed by atoms with E-state index in [-0.39, 0.29) is 0 Å². The summed E-state index contributed by atoms with van der Waals surface area (Å²) in [6.45, 7) is 4.67. The Kier molecular flexibility index (Phi) is 3.47. The SMILES string of the molecule is CCC1CC(C)CC(c2ccncc2N)C1. The second kappa shape index (κ2) is 4.86. The third-order valence-electron chi connectivity index (χ3n) is 3.94. The molecular weight excluding hydrogens is 196 g/mol. The molecule has 1 fully saturated rings. The molecule has 0 amide bonds. The number of nitrogen functional groups attached to an aromatic ring is 1. The summed E-state index contributed by atoms with van der Waals surface area (Å²) in [5.74, 6) is 2.36. The molecule has 1 aliphatic rings. The van der Waals surface area contributed by atoms with E-state index in [0.717, 1.165) is 17.5 Å². The first-order chi connectivity index (χ1) is 7.70. The highest BCUT2D eigenvalue weighted by molar-refractivity contribution is 5.46. The Morgan fingerprint density at radius 2 is 2.19 bits per heavy atom. The van der Waals surface area contributed by atoms with E-state index >= 15 is 0 Å². The Hall–Kier alpha value is -1.05. The van der Waals surface area contributed by atoms with Crippen LogP contribution in [-0.2, 0) is 0 Å². The van der Waals surface area contributed by atoms with Gasteiger partial charge in [-0.05, 0) is 48.6 Å². The van der Waals surface area contributed by atoms with Crippen LogP contribution >= 0.6 is 0 Å². The van der Waals surface area contributed by atoms with Gasteiger partial charge in [-0.1, -0.05) is 20.3 Å². The zero-order valence-corrected chi connectivity index (χ0v) is 10.3. The number of pyridine rings is 1. The van der Waals surface area contributed by atoms with Crippen LogP contribution in [-0.4, -0.2) is 4.98 Å². The summed E-state index contributed by atoms with van der Waals surface area (Å²) in [6.07, 6.45) is 8.92. The minimum absolute atomic E-state index is 0.650. The maximum absolute atomic E-state index is 6.02. The third-order valence-corrected chi connectivity index (χ3v) is 3.94. The van der Waals surface area contributed by atoms with Gasteiger partial charge in [-0.15, -0.1) is 0 Å². The highest BCUT2D eigenvalue weighted by Gasteiger charge is 2.27. The van der Waals surface area contributed by atoms with E-state index in [1.54, 1.807) is 6.20 Å². The number of hydrogen-bond donors (Lipinski definition) is 1. The molecule has 0 aromatic carbocycles. The minimum Gasteiger partial charge on any atom is -0.397 e. The molecule has 0 bridgehead atoms. The predicted octanol–water partition coefficient (Wildman–Crippen LogP) is 3.59. The highest BCUT2D eigenvalue weighted by atomic mass is 14.7. The largest absolute Gasteiger partial charge is 0.397 e. The van der Waals surface area contributed by atoms with Crippen molar-refractivity contribution in [2.75, 3.05) is 5.73 Å². The van der Waals surface area contributed by atoms with Crippen molar-refractivity contribution >= 4 is 5.69 Å². The van der Waals surface area contributed by atoms with E-state index in [4.69, 9.17) is 5.73 Å². The molecule has 2 nitrogen and oxygen atoms in total. The minimum atomic E-state index is 0.650. The van der Waals surface area contributed by atoms with Crippen LogP contribution < -0.4 is 5.73 Å². The Morgan fingerprint density at radius 3 is 2.88 bits per heavy atom. The van der Waals surface area contributed by atoms with Crippen molar-refractivity contribution in [3.8, 4) is 0 Å². The molecule has 0 spiro atoms. The molecule has 1 saturated carbocycles. The number of aromatic nitrogens is 1. The molecule has 3 atom stereocenters. The number of rotatable bonds is 2. The lowest BCUT2D eigenvalue weighted by Gasteiger charge is -2.33. The van der Waals surface area contributed by atoms with Crippen LogP contribution in [0.3, 0.4) is 0 Å². The van der Waals surface area contributed by atoms with Crippen LogP contribution in [0, 0.1) is 11.8 Å². The van der Waals surface area contributed by atoms with E-state index < -0.39 is 0 Å². The van der Waals surface area contributed by atoms with Gasteiger partial charge in [0.15, 0.2) is 0 Å². The van der Waals surface area contributed by atoms with Crippen LogP contribution in [0.1, 0.15) is 51.0 Å². The maximum atomic E-state index is 6.02. The first kappa shape index (κ1) is 11.4. The monoisotopic (exact) mass is 218 g/mol. The molecular formula is C14H22N2. The molecule has 2 rings (SSSR count). The normalized spacial score (nSPS) is 30.2. The molecule has 0 radical (unpaired) electrons. The van der Waals surface area contributed by atoms with Crippen molar-refractivity contribution in [1.82, 2.24) is 4.98 Å². The molecule has 1 aliphatic carbocycles. The van der Waals surface area contributed by atoms with E-state index in [0.29, 0.717) is 5.92 Å². The fourth-order valence-corrected chi connectivity index (χ4v) is 3.12. The van der Waals surface area contributed by atoms with Crippen molar-refractivity contribution in [3.63, 3.8) is 0 Å². The number of anilines is 1. The summed E-state index contributed by atoms with van der Waals surface area (Å²) in [5, 5.41) is 0. The topological polar surface area (TPSA) is 38.9 Å². The van der Waals surface area contributed by atoms with Gasteiger partial charge in [0.25, 0.3) is 0 Å². The highest BCUT2D eigenvalue weighted by Crippen LogP contribution is 2.41. The molecule has 1 aromatic rings. The second-order valence-electron chi connectivity index (χ2n) is 5.29. The zero-order valence-electron chi connectivity index (χ0n) is 10.3. The smallest absolute Gasteiger partial charge is 0.0535 e. The van der Waals surface area contributed by atoms with Gasteiger partial charge in [-0.3, -0.25) is 4.98 Å². The lowest BCUT2D eigenvalue weighted by molar-refractivity contribution is 0.247. The van der Waals surface area contributed by atoms with Gasteiger partial charge in [-0.25, -0.2) is 0 Å². The Bertz CT molecular complexity index is 348. The average Bonchev–Trinajstić information content (AvgIpc) is 2.28. The van der Waals surface area contributed by atoms with Gasteiger partial charge in [0.05, 0.1) is 11.9 Å². The van der Waals surface area contributed by atoms with Crippen molar-refractivity contribution in [2.24, 2.45) is 11.8 Å². The lowest BCUT2D eigenvalue weighted by Crippen LogP contribution is -2.20. The predicted molar refractivity (Wildman–Crippen MR) is 68.2 cm³/mol. The summed E-state index contributed by atoms with van der Waals surface area (Å²) in [7, 11) is 0. The van der Waals surface area contributed by atoms with Crippen LogP contribution in [0.4, 0.5) is 5.69 Å². The summed E-state index contributed by atoms with van der Waals surface area (Å²) in [5.41, 5.74) is 8.21. The van der Waals surface area contributed by atoms with Gasteiger partial charge >= 0.3 is 0 Å². The fourth-order valence-electron chi connectivity index (χ4n) is 3.12. The average molecular weight is 218 g/mol. The maximum Gasteiger partial charge on any atom is 0.0535 e. The van der Waals surface area contributed by atoms with E-state index in [1.165, 1.54) is 31.2 Å². The standard InChI is InChI=1S/C14H22N2/c1-3-11-6-10(2)7-12(8-11)13-4-5-16-9-14(13)15/h4-5,9-12H,3,6-8,15H2,1-2H3. The Morgan fingerprint density at radius 1 is 1.38 bits per heavy atom. The lowest BCUT2D eigenvalue weighted by atomic mass is 9.72. The number of hydrogen-bond acceptors (Lipinski definition) is 2. The molecule has 3 unspecified atom stereocenters. The molecule has 0 aliphatic heterocycles. The van der Waals surface area contributed by atoms with Crippen molar-refractivity contribution in [3.05, 3.63) is 24.0 Å². The van der Waals surface area contributed by atoms with Gasteiger partial charge in [0.2, 0.25) is 0 Å². The molecule has 2 heteroatoms. The van der Waals surface area contributed by atoms with E-state index in [1.807, 2.05) is 6.20 Å². The first-order valence-electron chi connectivity index (χ1n) is 6.40. The fraction of sp³-hybridized carbons (Fsp3) is 0.643. The molecule has 1 aromatic heterocycles. The summed E-state index contributed by atoms with van der Waals surface area (Å²) < 4.78 is 0. The quantitative estimate of drug-likeness (QED) is 0.823. The zero-order chi connectivity index (χ0) is 11.5. The van der Waals surface area contributed by atoms with Gasteiger partial charge in [0, 0.05) is 6.20 Å². The summed E-state index contributed by atoms with van der Waals surface area (Å²) in [6, 6.07) is 2.10. The van der Waals surface area contributed by atoms with Crippen LogP contribution in [0.25, 0.3) is 0 Å². The molecule has 0 saturated heterocycles. The Labute approximate surface area is 98.3 Å². The second-order valence-corrected chi connectivity index (χ2v) is 5.29.